The summed E-state index contributed by atoms with van der Waals surface area (Å²) in [6, 6.07) is 18.2. The van der Waals surface area contributed by atoms with Crippen molar-refractivity contribution in [3.63, 3.8) is 0 Å². The van der Waals surface area contributed by atoms with Crippen molar-refractivity contribution in [3.05, 3.63) is 70.5 Å². The van der Waals surface area contributed by atoms with Gasteiger partial charge >= 0.3 is 0 Å². The molecule has 1 amide bonds. The Balaban J connectivity index is 1.70. The van der Waals surface area contributed by atoms with Gasteiger partial charge in [-0.05, 0) is 31.4 Å². The quantitative estimate of drug-likeness (QED) is 0.307. The van der Waals surface area contributed by atoms with Crippen molar-refractivity contribution in [2.45, 2.75) is 44.4 Å². The standard InChI is InChI=1S/C24H25N3O2S2/c1-3-16(2)25-20(28)15-30-24-26-21-18-11-7-8-12-19(18)31-22(21)23(29)27(24)14-13-17-9-5-4-6-10-17/h4-12,16H,3,13-15H2,1-2H3,(H,25,28)/t16-/m1/s1. The second-order valence-electron chi connectivity index (χ2n) is 7.53. The van der Waals surface area contributed by atoms with Crippen LogP contribution in [0.2, 0.25) is 0 Å². The lowest BCUT2D eigenvalue weighted by molar-refractivity contribution is -0.119. The van der Waals surface area contributed by atoms with Gasteiger partial charge in [-0.25, -0.2) is 4.98 Å². The molecule has 0 unspecified atom stereocenters. The van der Waals surface area contributed by atoms with Crippen LogP contribution in [0.5, 0.6) is 0 Å². The summed E-state index contributed by atoms with van der Waals surface area (Å²) in [7, 11) is 0. The van der Waals surface area contributed by atoms with Gasteiger partial charge in [0.05, 0.1) is 11.3 Å². The lowest BCUT2D eigenvalue weighted by Crippen LogP contribution is -2.33. The van der Waals surface area contributed by atoms with Gasteiger partial charge in [-0.1, -0.05) is 67.2 Å². The van der Waals surface area contributed by atoms with Crippen LogP contribution in [0.1, 0.15) is 25.8 Å². The fourth-order valence-corrected chi connectivity index (χ4v) is 5.32. The molecule has 5 nitrogen and oxygen atoms in total. The number of hydrogen-bond acceptors (Lipinski definition) is 5. The summed E-state index contributed by atoms with van der Waals surface area (Å²) < 4.78 is 3.45. The molecule has 4 aromatic rings. The second-order valence-corrected chi connectivity index (χ2v) is 9.52. The normalized spacial score (nSPS) is 12.3. The number of nitrogens with zero attached hydrogens (tertiary/aromatic N) is 2. The third-order valence-electron chi connectivity index (χ3n) is 5.27. The number of nitrogens with one attached hydrogen (secondary N) is 1. The number of aryl methyl sites for hydroxylation is 1. The van der Waals surface area contributed by atoms with E-state index in [9.17, 15) is 9.59 Å². The Bertz CT molecular complexity index is 1260. The van der Waals surface area contributed by atoms with Gasteiger partial charge in [0, 0.05) is 22.7 Å². The van der Waals surface area contributed by atoms with E-state index in [0.717, 1.165) is 34.0 Å². The van der Waals surface area contributed by atoms with Gasteiger partial charge in [-0.15, -0.1) is 11.3 Å². The van der Waals surface area contributed by atoms with E-state index in [4.69, 9.17) is 4.98 Å². The topological polar surface area (TPSA) is 64.0 Å². The molecule has 1 N–H and O–H groups in total. The fraction of sp³-hybridized carbons (Fsp3) is 0.292. The molecule has 4 rings (SSSR count). The average molecular weight is 452 g/mol. The van der Waals surface area contributed by atoms with Crippen molar-refractivity contribution in [2.24, 2.45) is 0 Å². The van der Waals surface area contributed by atoms with Gasteiger partial charge < -0.3 is 5.32 Å². The molecule has 7 heteroatoms. The number of carbonyl (C=O) groups is 1. The SMILES string of the molecule is CC[C@@H](C)NC(=O)CSc1nc2c(sc3ccccc32)c(=O)n1CCc1ccccc1. The number of benzene rings is 2. The number of aromatic nitrogens is 2. The van der Waals surface area contributed by atoms with Crippen molar-refractivity contribution in [1.82, 2.24) is 14.9 Å². The molecule has 0 spiro atoms. The fourth-order valence-electron chi connectivity index (χ4n) is 3.39. The van der Waals surface area contributed by atoms with E-state index < -0.39 is 0 Å². The summed E-state index contributed by atoms with van der Waals surface area (Å²) in [4.78, 5) is 30.6. The number of carbonyl (C=O) groups excluding carboxylic acids is 1. The van der Waals surface area contributed by atoms with Crippen LogP contribution < -0.4 is 10.9 Å². The number of rotatable bonds is 8. The van der Waals surface area contributed by atoms with Crippen molar-refractivity contribution >= 4 is 49.3 Å². The molecule has 0 radical (unpaired) electrons. The minimum Gasteiger partial charge on any atom is -0.353 e. The van der Waals surface area contributed by atoms with E-state index in [1.54, 1.807) is 4.57 Å². The monoisotopic (exact) mass is 451 g/mol. The number of amides is 1. The molecular weight excluding hydrogens is 426 g/mol. The molecule has 0 fully saturated rings. The number of thiophene rings is 1. The van der Waals surface area contributed by atoms with E-state index in [1.807, 2.05) is 56.3 Å². The average Bonchev–Trinajstić information content (AvgIpc) is 3.17. The van der Waals surface area contributed by atoms with Crippen LogP contribution in [0.3, 0.4) is 0 Å². The maximum atomic E-state index is 13.4. The third kappa shape index (κ3) is 4.83. The zero-order chi connectivity index (χ0) is 21.8. The molecule has 2 aromatic carbocycles. The van der Waals surface area contributed by atoms with Crippen LogP contribution in [0, 0.1) is 0 Å². The van der Waals surface area contributed by atoms with Crippen LogP contribution in [-0.4, -0.2) is 27.3 Å². The summed E-state index contributed by atoms with van der Waals surface area (Å²) >= 11 is 2.81. The highest BCUT2D eigenvalue weighted by Gasteiger charge is 2.17. The van der Waals surface area contributed by atoms with E-state index in [2.05, 4.69) is 17.4 Å². The van der Waals surface area contributed by atoms with Gasteiger partial charge in [0.2, 0.25) is 5.91 Å². The van der Waals surface area contributed by atoms with Crippen LogP contribution in [-0.2, 0) is 17.8 Å². The summed E-state index contributed by atoms with van der Waals surface area (Å²) in [5, 5.41) is 4.56. The van der Waals surface area contributed by atoms with Crippen molar-refractivity contribution in [1.29, 1.82) is 0 Å². The molecule has 160 valence electrons. The van der Waals surface area contributed by atoms with Crippen LogP contribution >= 0.6 is 23.1 Å². The van der Waals surface area contributed by atoms with E-state index in [1.165, 1.54) is 23.1 Å². The first kappa shape index (κ1) is 21.6. The Morgan fingerprint density at radius 2 is 1.90 bits per heavy atom. The molecule has 0 bridgehead atoms. The zero-order valence-corrected chi connectivity index (χ0v) is 19.3. The minimum atomic E-state index is -0.0431. The van der Waals surface area contributed by atoms with Crippen molar-refractivity contribution in [2.75, 3.05) is 5.75 Å². The van der Waals surface area contributed by atoms with Gasteiger partial charge in [0.1, 0.15) is 4.70 Å². The molecule has 1 atom stereocenters. The number of hydrogen-bond donors (Lipinski definition) is 1. The largest absolute Gasteiger partial charge is 0.353 e. The Morgan fingerprint density at radius 3 is 2.68 bits per heavy atom. The maximum absolute atomic E-state index is 13.4. The molecule has 0 saturated carbocycles. The maximum Gasteiger partial charge on any atom is 0.272 e. The zero-order valence-electron chi connectivity index (χ0n) is 17.6. The van der Waals surface area contributed by atoms with E-state index in [-0.39, 0.29) is 23.3 Å². The second kappa shape index (κ2) is 9.66. The highest BCUT2D eigenvalue weighted by molar-refractivity contribution is 7.99. The summed E-state index contributed by atoms with van der Waals surface area (Å²) in [5.74, 6) is 0.189. The molecule has 2 aromatic heterocycles. The highest BCUT2D eigenvalue weighted by atomic mass is 32.2. The molecule has 2 heterocycles. The lowest BCUT2D eigenvalue weighted by Gasteiger charge is -2.14. The molecular formula is C24H25N3O2S2. The highest BCUT2D eigenvalue weighted by Crippen LogP contribution is 2.31. The summed E-state index contributed by atoms with van der Waals surface area (Å²) in [6.45, 7) is 4.55. The van der Waals surface area contributed by atoms with Gasteiger partial charge in [-0.3, -0.25) is 14.2 Å². The number of thioether (sulfide) groups is 1. The van der Waals surface area contributed by atoms with Crippen molar-refractivity contribution < 1.29 is 4.79 Å². The van der Waals surface area contributed by atoms with Gasteiger partial charge in [-0.2, -0.15) is 0 Å². The van der Waals surface area contributed by atoms with Gasteiger partial charge in [0.15, 0.2) is 5.16 Å². The predicted octanol–water partition coefficient (Wildman–Crippen LogP) is 4.86. The van der Waals surface area contributed by atoms with Crippen LogP contribution in [0.25, 0.3) is 20.3 Å². The summed E-state index contributed by atoms with van der Waals surface area (Å²) in [6.07, 6.45) is 1.61. The Kier molecular flexibility index (Phi) is 6.73. The van der Waals surface area contributed by atoms with Crippen LogP contribution in [0.15, 0.2) is 64.5 Å². The Morgan fingerprint density at radius 1 is 1.16 bits per heavy atom. The molecule has 0 aliphatic rings. The Labute approximate surface area is 189 Å². The predicted molar refractivity (Wildman–Crippen MR) is 130 cm³/mol. The molecule has 0 aliphatic heterocycles. The van der Waals surface area contributed by atoms with Gasteiger partial charge in [0.25, 0.3) is 5.56 Å². The van der Waals surface area contributed by atoms with Crippen LogP contribution in [0.4, 0.5) is 0 Å². The van der Waals surface area contributed by atoms with E-state index >= 15 is 0 Å². The molecule has 0 aliphatic carbocycles. The minimum absolute atomic E-state index is 0.0352. The van der Waals surface area contributed by atoms with E-state index in [0.29, 0.717) is 16.4 Å². The third-order valence-corrected chi connectivity index (χ3v) is 7.39. The first-order chi connectivity index (χ1) is 15.1. The number of fused-ring (bicyclic) bond motifs is 3. The first-order valence-electron chi connectivity index (χ1n) is 10.4. The van der Waals surface area contributed by atoms with Crippen molar-refractivity contribution in [3.8, 4) is 0 Å². The molecule has 31 heavy (non-hydrogen) atoms. The molecule has 0 saturated heterocycles. The lowest BCUT2D eigenvalue weighted by atomic mass is 10.1. The Hall–Kier alpha value is -2.64. The smallest absolute Gasteiger partial charge is 0.272 e. The summed E-state index contributed by atoms with van der Waals surface area (Å²) in [5.41, 5.74) is 1.86. The first-order valence-corrected chi connectivity index (χ1v) is 12.2.